The quantitative estimate of drug-likeness (QED) is 0.262. The Hall–Kier alpha value is -4.06. The number of rotatable bonds is 7. The predicted molar refractivity (Wildman–Crippen MR) is 139 cm³/mol. The Bertz CT molecular complexity index is 1310. The number of carbonyl (C=O) groups excluding carboxylic acids is 2. The molecule has 0 bridgehead atoms. The third-order valence-electron chi connectivity index (χ3n) is 6.62. The molecule has 36 heavy (non-hydrogen) atoms. The summed E-state index contributed by atoms with van der Waals surface area (Å²) in [4.78, 5) is 28.2. The van der Waals surface area contributed by atoms with Gasteiger partial charge in [-0.05, 0) is 59.4 Å². The third kappa shape index (κ3) is 4.59. The molecule has 1 fully saturated rings. The SMILES string of the molecule is COc1ccc(CN2C(=O)C(=O)/C(=C(/O)c3cc(C(C)C)c(OC)cc3C)C2c2ccccc2)cc1. The van der Waals surface area contributed by atoms with Crippen molar-refractivity contribution in [1.29, 1.82) is 0 Å². The van der Waals surface area contributed by atoms with E-state index in [0.29, 0.717) is 11.3 Å². The Labute approximate surface area is 211 Å². The average Bonchev–Trinajstić information content (AvgIpc) is 3.13. The van der Waals surface area contributed by atoms with Crippen LogP contribution in [0.5, 0.6) is 11.5 Å². The van der Waals surface area contributed by atoms with Crippen LogP contribution < -0.4 is 9.47 Å². The van der Waals surface area contributed by atoms with E-state index in [1.807, 2.05) is 87.5 Å². The van der Waals surface area contributed by atoms with Gasteiger partial charge in [0.05, 0.1) is 25.8 Å². The molecule has 1 saturated heterocycles. The van der Waals surface area contributed by atoms with Gasteiger partial charge in [0.1, 0.15) is 17.3 Å². The lowest BCUT2D eigenvalue weighted by Crippen LogP contribution is -2.29. The average molecular weight is 486 g/mol. The van der Waals surface area contributed by atoms with Crippen molar-refractivity contribution < 1.29 is 24.2 Å². The minimum Gasteiger partial charge on any atom is -0.507 e. The number of likely N-dealkylation sites (tertiary alicyclic amines) is 1. The number of aryl methyl sites for hydroxylation is 1. The van der Waals surface area contributed by atoms with Gasteiger partial charge in [-0.15, -0.1) is 0 Å². The molecule has 1 N–H and O–H groups in total. The predicted octanol–water partition coefficient (Wildman–Crippen LogP) is 5.76. The normalized spacial score (nSPS) is 17.1. The summed E-state index contributed by atoms with van der Waals surface area (Å²) in [6.45, 7) is 6.14. The van der Waals surface area contributed by atoms with Crippen molar-refractivity contribution in [3.8, 4) is 11.5 Å². The van der Waals surface area contributed by atoms with Crippen molar-refractivity contribution in [3.63, 3.8) is 0 Å². The Balaban J connectivity index is 1.87. The zero-order valence-electron chi connectivity index (χ0n) is 21.2. The standard InChI is InChI=1S/C30H31NO5/c1-18(2)23-16-24(19(3)15-25(23)36-5)28(32)26-27(21-9-7-6-8-10-21)31(30(34)29(26)33)17-20-11-13-22(35-4)14-12-20/h6-16,18,27,32H,17H2,1-5H3/b28-26+. The van der Waals surface area contributed by atoms with Gasteiger partial charge in [-0.3, -0.25) is 9.59 Å². The molecule has 1 aliphatic heterocycles. The Kier molecular flexibility index (Phi) is 7.15. The molecule has 0 aromatic heterocycles. The van der Waals surface area contributed by atoms with Gasteiger partial charge in [0.15, 0.2) is 0 Å². The molecule has 1 heterocycles. The van der Waals surface area contributed by atoms with Gasteiger partial charge in [-0.2, -0.15) is 0 Å². The second-order valence-electron chi connectivity index (χ2n) is 9.25. The maximum Gasteiger partial charge on any atom is 0.295 e. The fraction of sp³-hybridized carbons (Fsp3) is 0.267. The first-order valence-corrected chi connectivity index (χ1v) is 11.9. The monoisotopic (exact) mass is 485 g/mol. The summed E-state index contributed by atoms with van der Waals surface area (Å²) >= 11 is 0. The van der Waals surface area contributed by atoms with Crippen LogP contribution in [0.2, 0.25) is 0 Å². The number of nitrogens with zero attached hydrogens (tertiary/aromatic N) is 1. The molecule has 0 radical (unpaired) electrons. The van der Waals surface area contributed by atoms with Crippen molar-refractivity contribution in [1.82, 2.24) is 4.90 Å². The van der Waals surface area contributed by atoms with Crippen LogP contribution in [0.3, 0.4) is 0 Å². The molecule has 1 amide bonds. The highest BCUT2D eigenvalue weighted by atomic mass is 16.5. The fourth-order valence-electron chi connectivity index (χ4n) is 4.68. The first kappa shape index (κ1) is 25.0. The van der Waals surface area contributed by atoms with Gasteiger partial charge in [0.2, 0.25) is 0 Å². The molecule has 186 valence electrons. The summed E-state index contributed by atoms with van der Waals surface area (Å²) in [6.07, 6.45) is 0. The van der Waals surface area contributed by atoms with Crippen molar-refractivity contribution in [2.75, 3.05) is 14.2 Å². The zero-order chi connectivity index (χ0) is 26.0. The van der Waals surface area contributed by atoms with E-state index in [-0.39, 0.29) is 23.8 Å². The lowest BCUT2D eigenvalue weighted by atomic mass is 9.91. The Morgan fingerprint density at radius 1 is 0.972 bits per heavy atom. The molecule has 4 rings (SSSR count). The number of hydrogen-bond donors (Lipinski definition) is 1. The largest absolute Gasteiger partial charge is 0.507 e. The van der Waals surface area contributed by atoms with E-state index in [9.17, 15) is 14.7 Å². The van der Waals surface area contributed by atoms with Crippen LogP contribution in [-0.4, -0.2) is 35.9 Å². The number of amides is 1. The summed E-state index contributed by atoms with van der Waals surface area (Å²) in [5, 5.41) is 11.6. The first-order chi connectivity index (χ1) is 17.3. The zero-order valence-corrected chi connectivity index (χ0v) is 21.2. The third-order valence-corrected chi connectivity index (χ3v) is 6.62. The Morgan fingerprint density at radius 3 is 2.22 bits per heavy atom. The first-order valence-electron chi connectivity index (χ1n) is 11.9. The molecule has 6 nitrogen and oxygen atoms in total. The molecule has 3 aromatic carbocycles. The molecular weight excluding hydrogens is 454 g/mol. The molecule has 0 aliphatic carbocycles. The van der Waals surface area contributed by atoms with Crippen molar-refractivity contribution in [3.05, 3.63) is 100 Å². The summed E-state index contributed by atoms with van der Waals surface area (Å²) in [6, 6.07) is 19.7. The van der Waals surface area contributed by atoms with Gasteiger partial charge in [-0.1, -0.05) is 56.3 Å². The number of ether oxygens (including phenoxy) is 2. The van der Waals surface area contributed by atoms with Gasteiger partial charge >= 0.3 is 0 Å². The number of hydrogen-bond acceptors (Lipinski definition) is 5. The lowest BCUT2D eigenvalue weighted by Gasteiger charge is -2.26. The summed E-state index contributed by atoms with van der Waals surface area (Å²) < 4.78 is 10.8. The molecule has 0 spiro atoms. The van der Waals surface area contributed by atoms with E-state index < -0.39 is 17.7 Å². The fourth-order valence-corrected chi connectivity index (χ4v) is 4.68. The number of Topliss-reactive ketones (excluding diaryl/α,β-unsaturated/α-hetero) is 1. The molecule has 6 heteroatoms. The highest BCUT2D eigenvalue weighted by Crippen LogP contribution is 2.42. The maximum absolute atomic E-state index is 13.4. The lowest BCUT2D eigenvalue weighted by molar-refractivity contribution is -0.140. The minimum atomic E-state index is -0.725. The molecule has 3 aromatic rings. The topological polar surface area (TPSA) is 76.1 Å². The molecule has 1 aliphatic rings. The van der Waals surface area contributed by atoms with E-state index >= 15 is 0 Å². The summed E-state index contributed by atoms with van der Waals surface area (Å²) in [7, 11) is 3.20. The van der Waals surface area contributed by atoms with Crippen LogP contribution in [0.4, 0.5) is 0 Å². The van der Waals surface area contributed by atoms with E-state index in [1.54, 1.807) is 14.2 Å². The van der Waals surface area contributed by atoms with Crippen LogP contribution in [-0.2, 0) is 16.1 Å². The van der Waals surface area contributed by atoms with Crippen LogP contribution in [0, 0.1) is 6.92 Å². The van der Waals surface area contributed by atoms with E-state index in [4.69, 9.17) is 9.47 Å². The highest BCUT2D eigenvalue weighted by molar-refractivity contribution is 6.46. The number of carbonyl (C=O) groups is 2. The number of ketones is 1. The second kappa shape index (κ2) is 10.3. The number of aliphatic hydroxyl groups is 1. The second-order valence-corrected chi connectivity index (χ2v) is 9.25. The van der Waals surface area contributed by atoms with E-state index in [2.05, 4.69) is 0 Å². The van der Waals surface area contributed by atoms with E-state index in [0.717, 1.165) is 28.0 Å². The van der Waals surface area contributed by atoms with Crippen LogP contribution >= 0.6 is 0 Å². The molecule has 0 saturated carbocycles. The smallest absolute Gasteiger partial charge is 0.295 e. The van der Waals surface area contributed by atoms with Gasteiger partial charge < -0.3 is 19.5 Å². The summed E-state index contributed by atoms with van der Waals surface area (Å²) in [5.74, 6) is 0.0404. The number of aliphatic hydroxyl groups excluding tert-OH is 1. The van der Waals surface area contributed by atoms with Gasteiger partial charge in [-0.25, -0.2) is 0 Å². The van der Waals surface area contributed by atoms with E-state index in [1.165, 1.54) is 4.90 Å². The van der Waals surface area contributed by atoms with Gasteiger partial charge in [0, 0.05) is 12.1 Å². The minimum absolute atomic E-state index is 0.0858. The van der Waals surface area contributed by atoms with Crippen molar-refractivity contribution >= 4 is 17.4 Å². The maximum atomic E-state index is 13.4. The van der Waals surface area contributed by atoms with Crippen LogP contribution in [0.15, 0.2) is 72.3 Å². The van der Waals surface area contributed by atoms with Crippen molar-refractivity contribution in [2.24, 2.45) is 0 Å². The van der Waals surface area contributed by atoms with Crippen LogP contribution in [0.1, 0.15) is 53.6 Å². The highest BCUT2D eigenvalue weighted by Gasteiger charge is 2.46. The van der Waals surface area contributed by atoms with Crippen LogP contribution in [0.25, 0.3) is 5.76 Å². The Morgan fingerprint density at radius 2 is 1.64 bits per heavy atom. The molecule has 1 atom stereocenters. The molecule has 1 unspecified atom stereocenters. The summed E-state index contributed by atoms with van der Waals surface area (Å²) in [5.41, 5.74) is 3.87. The van der Waals surface area contributed by atoms with Gasteiger partial charge in [0.25, 0.3) is 11.7 Å². The molecular formula is C30H31NO5. The van der Waals surface area contributed by atoms with Crippen molar-refractivity contribution in [2.45, 2.75) is 39.3 Å². The number of methoxy groups -OCH3 is 2. The number of benzene rings is 3.